The summed E-state index contributed by atoms with van der Waals surface area (Å²) in [5, 5.41) is 17.3. The first-order valence-electron chi connectivity index (χ1n) is 6.96. The van der Waals surface area contributed by atoms with E-state index in [0.717, 1.165) is 28.2 Å². The van der Waals surface area contributed by atoms with Gasteiger partial charge < -0.3 is 14.6 Å². The monoisotopic (exact) mass is 294 g/mol. The summed E-state index contributed by atoms with van der Waals surface area (Å²) in [7, 11) is 0. The van der Waals surface area contributed by atoms with Crippen LogP contribution in [-0.4, -0.2) is 22.1 Å². The third kappa shape index (κ3) is 1.98. The standard InChI is InChI=1S/C17H14N2O3/c1-10-2-4-14(20)12(6-10)17-13(8-18-19-17)11-3-5-15-16(7-11)22-9-21-15/h2-8,20H,9H2,1H3,(H,18,19). The molecule has 0 radical (unpaired) electrons. The van der Waals surface area contributed by atoms with Crippen LogP contribution in [0, 0.1) is 6.92 Å². The van der Waals surface area contributed by atoms with E-state index in [0.29, 0.717) is 11.3 Å². The summed E-state index contributed by atoms with van der Waals surface area (Å²) in [6.07, 6.45) is 1.81. The molecule has 1 aliphatic heterocycles. The zero-order valence-electron chi connectivity index (χ0n) is 12.0. The number of H-pyrrole nitrogens is 1. The molecule has 2 N–H and O–H groups in total. The zero-order chi connectivity index (χ0) is 15.1. The number of aromatic amines is 1. The minimum atomic E-state index is 0.208. The first-order chi connectivity index (χ1) is 10.7. The van der Waals surface area contributed by atoms with Gasteiger partial charge in [0.25, 0.3) is 0 Å². The second-order valence-corrected chi connectivity index (χ2v) is 5.24. The lowest BCUT2D eigenvalue weighted by Crippen LogP contribution is -1.92. The van der Waals surface area contributed by atoms with Gasteiger partial charge in [-0.3, -0.25) is 5.10 Å². The Morgan fingerprint density at radius 1 is 1.05 bits per heavy atom. The Labute approximate surface area is 127 Å². The van der Waals surface area contributed by atoms with E-state index in [1.54, 1.807) is 6.07 Å². The van der Waals surface area contributed by atoms with Crippen LogP contribution in [0.1, 0.15) is 5.56 Å². The summed E-state index contributed by atoms with van der Waals surface area (Å²) in [5.41, 5.74) is 4.33. The Kier molecular flexibility index (Phi) is 2.79. The van der Waals surface area contributed by atoms with Crippen LogP contribution in [0.25, 0.3) is 22.4 Å². The Morgan fingerprint density at radius 2 is 1.91 bits per heavy atom. The van der Waals surface area contributed by atoms with Gasteiger partial charge in [0.1, 0.15) is 11.4 Å². The number of benzene rings is 2. The zero-order valence-corrected chi connectivity index (χ0v) is 12.0. The number of rotatable bonds is 2. The highest BCUT2D eigenvalue weighted by Gasteiger charge is 2.18. The smallest absolute Gasteiger partial charge is 0.231 e. The van der Waals surface area contributed by atoms with E-state index >= 15 is 0 Å². The van der Waals surface area contributed by atoms with Gasteiger partial charge in [-0.25, -0.2) is 0 Å². The Morgan fingerprint density at radius 3 is 2.82 bits per heavy atom. The fourth-order valence-electron chi connectivity index (χ4n) is 2.62. The predicted octanol–water partition coefficient (Wildman–Crippen LogP) is 3.49. The molecule has 1 aliphatic rings. The topological polar surface area (TPSA) is 67.4 Å². The molecular weight excluding hydrogens is 280 g/mol. The van der Waals surface area contributed by atoms with Gasteiger partial charge in [0, 0.05) is 17.3 Å². The maximum Gasteiger partial charge on any atom is 0.231 e. The van der Waals surface area contributed by atoms with Gasteiger partial charge >= 0.3 is 0 Å². The van der Waals surface area contributed by atoms with Gasteiger partial charge in [0.2, 0.25) is 6.79 Å². The SMILES string of the molecule is Cc1ccc(O)c(-c2n[nH]cc2-c2ccc3c(c2)OCO3)c1. The molecule has 0 bridgehead atoms. The summed E-state index contributed by atoms with van der Waals surface area (Å²) in [5.74, 6) is 1.67. The normalized spacial score (nSPS) is 12.6. The number of hydrogen-bond donors (Lipinski definition) is 2. The summed E-state index contributed by atoms with van der Waals surface area (Å²) in [4.78, 5) is 0. The number of fused-ring (bicyclic) bond motifs is 1. The number of nitrogens with one attached hydrogen (secondary N) is 1. The lowest BCUT2D eigenvalue weighted by Gasteiger charge is -2.07. The predicted molar refractivity (Wildman–Crippen MR) is 82.0 cm³/mol. The van der Waals surface area contributed by atoms with Crippen LogP contribution in [0.5, 0.6) is 17.2 Å². The fourth-order valence-corrected chi connectivity index (χ4v) is 2.62. The maximum absolute atomic E-state index is 10.1. The van der Waals surface area contributed by atoms with Crippen molar-refractivity contribution in [1.82, 2.24) is 10.2 Å². The molecule has 22 heavy (non-hydrogen) atoms. The molecule has 0 saturated carbocycles. The molecule has 4 rings (SSSR count). The van der Waals surface area contributed by atoms with E-state index in [1.807, 2.05) is 43.5 Å². The van der Waals surface area contributed by atoms with Crippen molar-refractivity contribution >= 4 is 0 Å². The number of hydrogen-bond acceptors (Lipinski definition) is 4. The van der Waals surface area contributed by atoms with Gasteiger partial charge in [-0.2, -0.15) is 5.10 Å². The van der Waals surface area contributed by atoms with Crippen molar-refractivity contribution in [3.05, 3.63) is 48.2 Å². The number of phenolic OH excluding ortho intramolecular Hbond substituents is 1. The number of aromatic hydroxyl groups is 1. The van der Waals surface area contributed by atoms with Crippen LogP contribution >= 0.6 is 0 Å². The second-order valence-electron chi connectivity index (χ2n) is 5.24. The average molecular weight is 294 g/mol. The van der Waals surface area contributed by atoms with Gasteiger partial charge in [-0.1, -0.05) is 17.7 Å². The molecular formula is C17H14N2O3. The van der Waals surface area contributed by atoms with E-state index in [4.69, 9.17) is 9.47 Å². The molecule has 0 saturated heterocycles. The van der Waals surface area contributed by atoms with E-state index in [1.165, 1.54) is 0 Å². The van der Waals surface area contributed by atoms with Crippen molar-refractivity contribution < 1.29 is 14.6 Å². The van der Waals surface area contributed by atoms with E-state index in [-0.39, 0.29) is 12.5 Å². The van der Waals surface area contributed by atoms with Gasteiger partial charge in [0.15, 0.2) is 11.5 Å². The number of aromatic nitrogens is 2. The molecule has 5 heteroatoms. The van der Waals surface area contributed by atoms with Crippen LogP contribution in [-0.2, 0) is 0 Å². The molecule has 3 aromatic rings. The number of phenols is 1. The van der Waals surface area contributed by atoms with Crippen LogP contribution in [0.4, 0.5) is 0 Å². The molecule has 0 spiro atoms. The highest BCUT2D eigenvalue weighted by Crippen LogP contribution is 2.40. The van der Waals surface area contributed by atoms with Crippen molar-refractivity contribution in [2.75, 3.05) is 6.79 Å². The largest absolute Gasteiger partial charge is 0.507 e. The molecule has 1 aromatic heterocycles. The molecule has 5 nitrogen and oxygen atoms in total. The van der Waals surface area contributed by atoms with Crippen LogP contribution in [0.15, 0.2) is 42.6 Å². The van der Waals surface area contributed by atoms with E-state index in [2.05, 4.69) is 10.2 Å². The highest BCUT2D eigenvalue weighted by atomic mass is 16.7. The van der Waals surface area contributed by atoms with Gasteiger partial charge in [-0.15, -0.1) is 0 Å². The number of nitrogens with zero attached hydrogens (tertiary/aromatic N) is 1. The van der Waals surface area contributed by atoms with E-state index in [9.17, 15) is 5.11 Å². The van der Waals surface area contributed by atoms with Crippen molar-refractivity contribution in [2.45, 2.75) is 6.92 Å². The third-order valence-electron chi connectivity index (χ3n) is 3.73. The summed E-state index contributed by atoms with van der Waals surface area (Å²) in [6.45, 7) is 2.23. The van der Waals surface area contributed by atoms with Gasteiger partial charge in [0.05, 0.1) is 0 Å². The van der Waals surface area contributed by atoms with Crippen molar-refractivity contribution in [3.8, 4) is 39.6 Å². The molecule has 0 aliphatic carbocycles. The van der Waals surface area contributed by atoms with Gasteiger partial charge in [-0.05, 0) is 36.8 Å². The number of aryl methyl sites for hydroxylation is 1. The molecule has 0 unspecified atom stereocenters. The van der Waals surface area contributed by atoms with Crippen molar-refractivity contribution in [2.24, 2.45) is 0 Å². The lowest BCUT2D eigenvalue weighted by molar-refractivity contribution is 0.174. The second kappa shape index (κ2) is 4.80. The molecule has 0 fully saturated rings. The quantitative estimate of drug-likeness (QED) is 0.759. The molecule has 0 amide bonds. The minimum absolute atomic E-state index is 0.208. The van der Waals surface area contributed by atoms with Crippen LogP contribution < -0.4 is 9.47 Å². The highest BCUT2D eigenvalue weighted by molar-refractivity contribution is 5.84. The molecule has 110 valence electrons. The summed E-state index contributed by atoms with van der Waals surface area (Å²) in [6, 6.07) is 11.2. The maximum atomic E-state index is 10.1. The lowest BCUT2D eigenvalue weighted by atomic mass is 9.99. The fraction of sp³-hybridized carbons (Fsp3) is 0.118. The Bertz CT molecular complexity index is 855. The summed E-state index contributed by atoms with van der Waals surface area (Å²) >= 11 is 0. The molecule has 0 atom stereocenters. The summed E-state index contributed by atoms with van der Waals surface area (Å²) < 4.78 is 10.8. The van der Waals surface area contributed by atoms with Crippen molar-refractivity contribution in [3.63, 3.8) is 0 Å². The minimum Gasteiger partial charge on any atom is -0.507 e. The Hall–Kier alpha value is -2.95. The third-order valence-corrected chi connectivity index (χ3v) is 3.73. The Balaban J connectivity index is 1.85. The first-order valence-corrected chi connectivity index (χ1v) is 6.96. The van der Waals surface area contributed by atoms with Crippen LogP contribution in [0.2, 0.25) is 0 Å². The van der Waals surface area contributed by atoms with E-state index < -0.39 is 0 Å². The first kappa shape index (κ1) is 12.8. The number of ether oxygens (including phenoxy) is 2. The van der Waals surface area contributed by atoms with Crippen LogP contribution in [0.3, 0.4) is 0 Å². The molecule has 2 heterocycles. The molecule has 2 aromatic carbocycles. The average Bonchev–Trinajstić information content (AvgIpc) is 3.17. The van der Waals surface area contributed by atoms with Crippen molar-refractivity contribution in [1.29, 1.82) is 0 Å².